The van der Waals surface area contributed by atoms with E-state index in [0.29, 0.717) is 6.42 Å². The van der Waals surface area contributed by atoms with Gasteiger partial charge in [0.25, 0.3) is 0 Å². The number of hydrogen-bond donors (Lipinski definition) is 2. The van der Waals surface area contributed by atoms with Crippen LogP contribution in [0.3, 0.4) is 0 Å². The molecule has 0 radical (unpaired) electrons. The lowest BCUT2D eigenvalue weighted by Crippen LogP contribution is -2.60. The molecule has 0 saturated carbocycles. The molecule has 1 aromatic heterocycles. The number of methoxy groups -OCH3 is 1. The molecular formula is C22H21N3O4. The maximum absolute atomic E-state index is 13.2. The summed E-state index contributed by atoms with van der Waals surface area (Å²) in [5.41, 5.74) is 1.11. The Bertz CT molecular complexity index is 1140. The molecule has 0 spiro atoms. The average molecular weight is 391 g/mol. The predicted octanol–water partition coefficient (Wildman–Crippen LogP) is 2.88. The van der Waals surface area contributed by atoms with Gasteiger partial charge in [-0.25, -0.2) is 0 Å². The van der Waals surface area contributed by atoms with Crippen LogP contribution < -0.4 is 5.32 Å². The summed E-state index contributed by atoms with van der Waals surface area (Å²) < 4.78 is 5.20. The molecule has 2 aliphatic rings. The molecular weight excluding hydrogens is 370 g/mol. The summed E-state index contributed by atoms with van der Waals surface area (Å²) in [5, 5.41) is 16.8. The average Bonchev–Trinajstić information content (AvgIpc) is 3.21. The van der Waals surface area contributed by atoms with Gasteiger partial charge >= 0.3 is 5.97 Å². The number of nitrogens with one attached hydrogen (secondary N) is 2. The predicted molar refractivity (Wildman–Crippen MR) is 107 cm³/mol. The molecule has 2 aliphatic heterocycles. The van der Waals surface area contributed by atoms with Gasteiger partial charge in [-0.1, -0.05) is 48.5 Å². The van der Waals surface area contributed by atoms with E-state index in [1.165, 1.54) is 7.11 Å². The smallest absolute Gasteiger partial charge is 0.327 e. The van der Waals surface area contributed by atoms with E-state index in [2.05, 4.69) is 10.3 Å². The van der Waals surface area contributed by atoms with Crippen LogP contribution in [0, 0.1) is 10.1 Å². The van der Waals surface area contributed by atoms with E-state index >= 15 is 0 Å². The van der Waals surface area contributed by atoms with Gasteiger partial charge < -0.3 is 9.72 Å². The van der Waals surface area contributed by atoms with Crippen molar-refractivity contribution in [2.45, 2.75) is 36.4 Å². The van der Waals surface area contributed by atoms with Crippen molar-refractivity contribution in [3.8, 4) is 0 Å². The van der Waals surface area contributed by atoms with Gasteiger partial charge in [-0.05, 0) is 24.1 Å². The third-order valence-electron chi connectivity index (χ3n) is 6.64. The first-order valence-electron chi connectivity index (χ1n) is 9.58. The van der Waals surface area contributed by atoms with Crippen molar-refractivity contribution in [3.63, 3.8) is 0 Å². The number of esters is 1. The van der Waals surface area contributed by atoms with Crippen LogP contribution in [-0.4, -0.2) is 34.6 Å². The van der Waals surface area contributed by atoms with Gasteiger partial charge in [0.2, 0.25) is 6.04 Å². The van der Waals surface area contributed by atoms with E-state index in [4.69, 9.17) is 4.74 Å². The number of ether oxygens (including phenoxy) is 1. The van der Waals surface area contributed by atoms with E-state index in [0.717, 1.165) is 27.7 Å². The van der Waals surface area contributed by atoms with Gasteiger partial charge in [-0.15, -0.1) is 0 Å². The van der Waals surface area contributed by atoms with Gasteiger partial charge in [0.05, 0.1) is 13.0 Å². The van der Waals surface area contributed by atoms with E-state index in [-0.39, 0.29) is 4.92 Å². The van der Waals surface area contributed by atoms with Crippen LogP contribution in [0.4, 0.5) is 0 Å². The number of rotatable bonds is 3. The summed E-state index contributed by atoms with van der Waals surface area (Å²) in [6.45, 7) is 1.81. The Labute approximate surface area is 167 Å². The number of hydrogen-bond acceptors (Lipinski definition) is 5. The van der Waals surface area contributed by atoms with Gasteiger partial charge in [0, 0.05) is 27.9 Å². The molecule has 2 N–H and O–H groups in total. The van der Waals surface area contributed by atoms with Gasteiger partial charge in [0.15, 0.2) is 0 Å². The first-order chi connectivity index (χ1) is 13.9. The zero-order valence-corrected chi connectivity index (χ0v) is 16.1. The lowest BCUT2D eigenvalue weighted by Gasteiger charge is -2.37. The first kappa shape index (κ1) is 17.9. The SMILES string of the molecule is COC(=O)[C@]12Cc3c([nH]c4ccccc34)[C@](C)(N1)[C@@H]([N+](=O)[O-])[C@@H]2c1ccccc1. The molecule has 148 valence electrons. The van der Waals surface area contributed by atoms with Crippen molar-refractivity contribution in [2.24, 2.45) is 0 Å². The quantitative estimate of drug-likeness (QED) is 0.406. The second kappa shape index (κ2) is 5.90. The second-order valence-corrected chi connectivity index (χ2v) is 8.11. The topological polar surface area (TPSA) is 97.3 Å². The van der Waals surface area contributed by atoms with Crippen molar-refractivity contribution >= 4 is 16.9 Å². The normalized spacial score (nSPS) is 30.1. The number of nitrogens with zero attached hydrogens (tertiary/aromatic N) is 1. The molecule has 4 atom stereocenters. The number of aromatic nitrogens is 1. The monoisotopic (exact) mass is 391 g/mol. The standard InChI is InChI=1S/C22H21N3O4/c1-21-18-15(14-10-6-7-11-16(14)23-18)12-22(24-21,20(26)29-2)17(19(21)25(27)28)13-8-4-3-5-9-13/h3-11,17,19,23-24H,12H2,1-2H3/t17-,19-,21-,22+/m0/s1. The van der Waals surface area contributed by atoms with E-state index in [1.807, 2.05) is 61.5 Å². The molecule has 3 heterocycles. The number of carbonyl (C=O) groups is 1. The van der Waals surface area contributed by atoms with Crippen molar-refractivity contribution in [1.29, 1.82) is 0 Å². The molecule has 3 aromatic rings. The van der Waals surface area contributed by atoms with Crippen molar-refractivity contribution < 1.29 is 14.5 Å². The number of fused-ring (bicyclic) bond motifs is 6. The fourth-order valence-corrected chi connectivity index (χ4v) is 5.58. The van der Waals surface area contributed by atoms with Crippen LogP contribution in [0.25, 0.3) is 10.9 Å². The fourth-order valence-electron chi connectivity index (χ4n) is 5.58. The summed E-state index contributed by atoms with van der Waals surface area (Å²) in [6, 6.07) is 16.0. The highest BCUT2D eigenvalue weighted by Crippen LogP contribution is 2.55. The fraction of sp³-hybridized carbons (Fsp3) is 0.318. The summed E-state index contributed by atoms with van der Waals surface area (Å²) in [5.74, 6) is -1.14. The van der Waals surface area contributed by atoms with E-state index < -0.39 is 29.0 Å². The summed E-state index contributed by atoms with van der Waals surface area (Å²) in [4.78, 5) is 28.7. The van der Waals surface area contributed by atoms with E-state index in [1.54, 1.807) is 0 Å². The third-order valence-corrected chi connectivity index (χ3v) is 6.64. The maximum atomic E-state index is 13.2. The highest BCUT2D eigenvalue weighted by molar-refractivity contribution is 5.91. The molecule has 2 bridgehead atoms. The number of aromatic amines is 1. The minimum atomic E-state index is -1.22. The highest BCUT2D eigenvalue weighted by atomic mass is 16.6. The Morgan fingerprint density at radius 3 is 2.55 bits per heavy atom. The number of carbonyl (C=O) groups excluding carboxylic acids is 1. The Morgan fingerprint density at radius 1 is 1.17 bits per heavy atom. The van der Waals surface area contributed by atoms with Crippen LogP contribution in [0.2, 0.25) is 0 Å². The molecule has 0 unspecified atom stereocenters. The molecule has 0 aliphatic carbocycles. The summed E-state index contributed by atoms with van der Waals surface area (Å²) in [7, 11) is 1.34. The molecule has 7 nitrogen and oxygen atoms in total. The molecule has 0 amide bonds. The van der Waals surface area contributed by atoms with Gasteiger partial charge in [0.1, 0.15) is 11.1 Å². The number of nitro groups is 1. The second-order valence-electron chi connectivity index (χ2n) is 8.11. The van der Waals surface area contributed by atoms with Crippen LogP contribution in [0.1, 0.15) is 29.7 Å². The van der Waals surface area contributed by atoms with Crippen LogP contribution in [-0.2, 0) is 21.5 Å². The summed E-state index contributed by atoms with van der Waals surface area (Å²) >= 11 is 0. The maximum Gasteiger partial charge on any atom is 0.327 e. The summed E-state index contributed by atoms with van der Waals surface area (Å²) in [6.07, 6.45) is 0.318. The lowest BCUT2D eigenvalue weighted by molar-refractivity contribution is -0.535. The van der Waals surface area contributed by atoms with E-state index in [9.17, 15) is 14.9 Å². The molecule has 2 aromatic carbocycles. The minimum absolute atomic E-state index is 0.254. The number of H-pyrrole nitrogens is 1. The van der Waals surface area contributed by atoms with Crippen LogP contribution in [0.5, 0.6) is 0 Å². The molecule has 29 heavy (non-hydrogen) atoms. The van der Waals surface area contributed by atoms with Crippen LogP contribution in [0.15, 0.2) is 54.6 Å². The van der Waals surface area contributed by atoms with Crippen molar-refractivity contribution in [1.82, 2.24) is 10.3 Å². The zero-order chi connectivity index (χ0) is 20.4. The van der Waals surface area contributed by atoms with Crippen LogP contribution >= 0.6 is 0 Å². The Kier molecular flexibility index (Phi) is 3.64. The number of para-hydroxylation sites is 1. The zero-order valence-electron chi connectivity index (χ0n) is 16.1. The van der Waals surface area contributed by atoms with Crippen molar-refractivity contribution in [2.75, 3.05) is 7.11 Å². The largest absolute Gasteiger partial charge is 0.468 e. The molecule has 1 saturated heterocycles. The molecule has 5 rings (SSSR count). The Morgan fingerprint density at radius 2 is 1.86 bits per heavy atom. The Hall–Kier alpha value is -3.19. The lowest BCUT2D eigenvalue weighted by atomic mass is 9.75. The molecule has 1 fully saturated rings. The van der Waals surface area contributed by atoms with Crippen molar-refractivity contribution in [3.05, 3.63) is 81.5 Å². The van der Waals surface area contributed by atoms with Gasteiger partial charge in [-0.2, -0.15) is 0 Å². The molecule has 7 heteroatoms. The first-order valence-corrected chi connectivity index (χ1v) is 9.58. The van der Waals surface area contributed by atoms with Gasteiger partial charge in [-0.3, -0.25) is 20.2 Å². The number of benzene rings is 2. The minimum Gasteiger partial charge on any atom is -0.468 e. The Balaban J connectivity index is 1.84. The third kappa shape index (κ3) is 2.19. The highest BCUT2D eigenvalue weighted by Gasteiger charge is 2.72.